The van der Waals surface area contributed by atoms with Gasteiger partial charge in [0.05, 0.1) is 39.5 Å². The molecule has 27 heteroatoms. The van der Waals surface area contributed by atoms with Crippen LogP contribution in [0.1, 0.15) is 0 Å². The predicted molar refractivity (Wildman–Crippen MR) is 232 cm³/mol. The number of fused-ring (bicyclic) bond motifs is 1. The number of hydrogen-bond donors (Lipinski definition) is 9. The van der Waals surface area contributed by atoms with Crippen molar-refractivity contribution in [2.45, 2.75) is 14.7 Å². The molecule has 0 aliphatic carbocycles. The van der Waals surface area contributed by atoms with E-state index in [1.165, 1.54) is 42.5 Å². The normalized spacial score (nSPS) is 12.0. The van der Waals surface area contributed by atoms with Gasteiger partial charge in [-0.3, -0.25) is 13.7 Å². The molecular formula is C34H29N11Na3O10S3. The number of nitrogens with two attached hydrogens (primary N) is 4. The minimum atomic E-state index is -5.22. The third kappa shape index (κ3) is 12.3. The van der Waals surface area contributed by atoms with Gasteiger partial charge in [0.1, 0.15) is 31.7 Å². The second-order valence-corrected chi connectivity index (χ2v) is 16.3. The van der Waals surface area contributed by atoms with Crippen LogP contribution < -0.4 is 28.3 Å². The van der Waals surface area contributed by atoms with Crippen LogP contribution in [-0.2, 0) is 30.4 Å². The van der Waals surface area contributed by atoms with Crippen LogP contribution in [0.25, 0.3) is 10.8 Å². The maximum Gasteiger partial charge on any atom is 0.296 e. The van der Waals surface area contributed by atoms with Gasteiger partial charge < -0.3 is 33.4 Å². The summed E-state index contributed by atoms with van der Waals surface area (Å²) in [7, 11) is -15.3. The van der Waals surface area contributed by atoms with E-state index in [1.54, 1.807) is 36.4 Å². The average Bonchev–Trinajstić information content (AvgIpc) is 3.14. The van der Waals surface area contributed by atoms with Gasteiger partial charge in [-0.1, -0.05) is 0 Å². The zero-order chi connectivity index (χ0) is 42.2. The Labute approximate surface area is 414 Å². The number of nitrogens with one attached hydrogen (secondary N) is 1. The maximum atomic E-state index is 12.5. The fraction of sp³-hybridized carbons (Fsp3) is 0. The number of phenolic OH excluding ortho intramolecular Hbond substituents is 1. The number of azo groups is 3. The Balaban J connectivity index is 0.00000331. The SMILES string of the molecule is Nc1ccc(N=Nc2c(S(=O)(=O)O)cc3cc(S(=O)(=O)O)c(N=Nc4ccc(Nc5ccc(N=Nc6ccc(N)cc6N)cc5)c(S(=O)(=O)O)c4)c(N)c3c2O)cc1.[Na].[Na].[Na]. The Bertz CT molecular complexity index is 3070. The summed E-state index contributed by atoms with van der Waals surface area (Å²) in [5.74, 6) is -0.994. The van der Waals surface area contributed by atoms with Crippen LogP contribution in [0.4, 0.5) is 68.2 Å². The first kappa shape index (κ1) is 51.3. The van der Waals surface area contributed by atoms with Crippen molar-refractivity contribution in [3.63, 3.8) is 0 Å². The summed E-state index contributed by atoms with van der Waals surface area (Å²) < 4.78 is 105. The molecule has 6 aromatic rings. The van der Waals surface area contributed by atoms with Gasteiger partial charge in [-0.2, -0.15) is 40.6 Å². The summed E-state index contributed by atoms with van der Waals surface area (Å²) in [4.78, 5) is -2.70. The number of aromatic hydroxyl groups is 1. The van der Waals surface area contributed by atoms with Gasteiger partial charge in [0.2, 0.25) is 0 Å². The molecule has 0 atom stereocenters. The number of phenols is 1. The molecule has 0 aliphatic rings. The van der Waals surface area contributed by atoms with Crippen molar-refractivity contribution >= 4 is 198 Å². The Morgan fingerprint density at radius 1 is 0.492 bits per heavy atom. The summed E-state index contributed by atoms with van der Waals surface area (Å²) in [6.45, 7) is 0. The predicted octanol–water partition coefficient (Wildman–Crippen LogP) is 6.46. The van der Waals surface area contributed by atoms with E-state index in [4.69, 9.17) is 22.9 Å². The van der Waals surface area contributed by atoms with Crippen LogP contribution in [0, 0.1) is 0 Å². The average molecular weight is 917 g/mol. The molecular weight excluding hydrogens is 888 g/mol. The Morgan fingerprint density at radius 3 is 1.52 bits per heavy atom. The fourth-order valence-corrected chi connectivity index (χ4v) is 7.29. The van der Waals surface area contributed by atoms with Crippen molar-refractivity contribution < 1.29 is 44.0 Å². The van der Waals surface area contributed by atoms with E-state index in [1.807, 2.05) is 0 Å². The van der Waals surface area contributed by atoms with Crippen molar-refractivity contribution in [2.24, 2.45) is 30.7 Å². The second kappa shape index (κ2) is 20.4. The number of nitrogen functional groups attached to an aromatic ring is 4. The molecule has 0 aromatic heterocycles. The molecule has 6 aromatic carbocycles. The van der Waals surface area contributed by atoms with E-state index in [0.29, 0.717) is 40.2 Å². The van der Waals surface area contributed by atoms with Crippen molar-refractivity contribution in [1.29, 1.82) is 0 Å². The molecule has 6 rings (SSSR count). The van der Waals surface area contributed by atoms with Gasteiger partial charge in [0.25, 0.3) is 30.4 Å². The minimum Gasteiger partial charge on any atom is -0.505 e. The quantitative estimate of drug-likeness (QED) is 0.0291. The number of benzene rings is 6. The monoisotopic (exact) mass is 916 g/mol. The Hall–Kier alpha value is -4.09. The van der Waals surface area contributed by atoms with Gasteiger partial charge in [0, 0.05) is 106 Å². The van der Waals surface area contributed by atoms with Gasteiger partial charge in [0.15, 0.2) is 5.75 Å². The molecule has 0 bridgehead atoms. The van der Waals surface area contributed by atoms with Gasteiger partial charge in [-0.15, -0.1) is 15.3 Å². The van der Waals surface area contributed by atoms with Crippen LogP contribution in [0.15, 0.2) is 142 Å². The van der Waals surface area contributed by atoms with Crippen molar-refractivity contribution in [3.05, 3.63) is 97.1 Å². The van der Waals surface area contributed by atoms with Crippen LogP contribution in [0.2, 0.25) is 0 Å². The van der Waals surface area contributed by atoms with E-state index < -0.39 is 78.6 Å². The molecule has 0 unspecified atom stereocenters. The molecule has 13 N–H and O–H groups in total. The van der Waals surface area contributed by atoms with E-state index in [-0.39, 0.29) is 106 Å². The molecule has 61 heavy (non-hydrogen) atoms. The van der Waals surface area contributed by atoms with E-state index in [9.17, 15) is 44.0 Å². The zero-order valence-corrected chi connectivity index (χ0v) is 40.6. The first-order valence-electron chi connectivity index (χ1n) is 16.0. The number of hydrogen-bond acceptors (Lipinski definition) is 18. The summed E-state index contributed by atoms with van der Waals surface area (Å²) in [5.41, 5.74) is 23.3. The molecule has 3 radical (unpaired) electrons. The fourth-order valence-electron chi connectivity index (χ4n) is 5.29. The Morgan fingerprint density at radius 2 is 0.967 bits per heavy atom. The third-order valence-electron chi connectivity index (χ3n) is 8.01. The molecule has 0 fully saturated rings. The molecule has 0 saturated heterocycles. The smallest absolute Gasteiger partial charge is 0.296 e. The molecule has 0 saturated carbocycles. The van der Waals surface area contributed by atoms with Gasteiger partial charge in [-0.05, 0) is 102 Å². The topological polar surface area (TPSA) is 374 Å². The molecule has 0 aliphatic heterocycles. The summed E-state index contributed by atoms with van der Waals surface area (Å²) in [5, 5.41) is 36.7. The molecule has 301 valence electrons. The molecule has 0 heterocycles. The van der Waals surface area contributed by atoms with E-state index in [2.05, 4.69) is 36.0 Å². The van der Waals surface area contributed by atoms with Crippen LogP contribution in [0.5, 0.6) is 5.75 Å². The summed E-state index contributed by atoms with van der Waals surface area (Å²) >= 11 is 0. The summed E-state index contributed by atoms with van der Waals surface area (Å²) in [6, 6.07) is 21.4. The van der Waals surface area contributed by atoms with Gasteiger partial charge >= 0.3 is 0 Å². The Kier molecular flexibility index (Phi) is 17.1. The van der Waals surface area contributed by atoms with Crippen molar-refractivity contribution in [3.8, 4) is 5.75 Å². The van der Waals surface area contributed by atoms with Crippen molar-refractivity contribution in [2.75, 3.05) is 28.3 Å². The third-order valence-corrected chi connectivity index (χ3v) is 10.6. The minimum absolute atomic E-state index is 0. The van der Waals surface area contributed by atoms with E-state index in [0.717, 1.165) is 12.1 Å². The number of nitrogens with zero attached hydrogens (tertiary/aromatic N) is 6. The number of rotatable bonds is 11. The first-order chi connectivity index (χ1) is 27.2. The summed E-state index contributed by atoms with van der Waals surface area (Å²) in [6.07, 6.45) is 0. The molecule has 0 amide bonds. The van der Waals surface area contributed by atoms with E-state index >= 15 is 0 Å². The maximum absolute atomic E-state index is 12.5. The van der Waals surface area contributed by atoms with Gasteiger partial charge in [-0.25, -0.2) is 0 Å². The zero-order valence-electron chi connectivity index (χ0n) is 32.2. The first-order valence-corrected chi connectivity index (χ1v) is 20.3. The molecule has 0 spiro atoms. The second-order valence-electron chi connectivity index (χ2n) is 12.1. The standard InChI is InChI=1S/C34H29N11O10S3.3Na/c35-18-1-4-21(5-2-18)41-45-33-29(58(53,54)55)14-17-13-28(57(50,51)52)32(31(38)30(17)34(33)46)44-42-23-10-12-26(27(16-23)56(47,48)49)39-20-6-8-22(9-7-20)40-43-25-11-3-19(36)15-24(25)37;;;/h1-16,39,46H,35-38H2,(H,47,48,49)(H,50,51,52)(H,53,54,55);;;. The van der Waals surface area contributed by atoms with Crippen LogP contribution >= 0.6 is 0 Å². The van der Waals surface area contributed by atoms with Crippen LogP contribution in [0.3, 0.4) is 0 Å². The number of anilines is 6. The molecule has 21 nitrogen and oxygen atoms in total. The largest absolute Gasteiger partial charge is 0.505 e. The van der Waals surface area contributed by atoms with Crippen LogP contribution in [-0.4, -0.2) is 133 Å². The van der Waals surface area contributed by atoms with Crippen molar-refractivity contribution in [1.82, 2.24) is 0 Å².